The molecule has 1 atom stereocenters. The molecule has 5 heteroatoms. The maximum Gasteiger partial charge on any atom is 0.305 e. The van der Waals surface area contributed by atoms with Gasteiger partial charge in [0.1, 0.15) is 5.60 Å². The van der Waals surface area contributed by atoms with Gasteiger partial charge >= 0.3 is 5.97 Å². The molecule has 0 saturated carbocycles. The van der Waals surface area contributed by atoms with Gasteiger partial charge in [-0.3, -0.25) is 14.4 Å². The minimum Gasteiger partial charge on any atom is -0.466 e. The fourth-order valence-corrected chi connectivity index (χ4v) is 2.20. The van der Waals surface area contributed by atoms with Crippen molar-refractivity contribution in [3.8, 4) is 0 Å². The van der Waals surface area contributed by atoms with Crippen LogP contribution in [0.5, 0.6) is 0 Å². The van der Waals surface area contributed by atoms with Gasteiger partial charge in [-0.05, 0) is 27.2 Å². The van der Waals surface area contributed by atoms with Gasteiger partial charge in [0, 0.05) is 19.1 Å². The summed E-state index contributed by atoms with van der Waals surface area (Å²) < 4.78 is 10.1. The van der Waals surface area contributed by atoms with E-state index in [0.717, 1.165) is 0 Å². The Morgan fingerprint density at radius 3 is 2.26 bits per heavy atom. The molecule has 1 aromatic carbocycles. The predicted molar refractivity (Wildman–Crippen MR) is 86.2 cm³/mol. The normalized spacial score (nSPS) is 12.5. The fraction of sp³-hybridized carbons (Fsp3) is 0.500. The molecule has 0 aliphatic heterocycles. The van der Waals surface area contributed by atoms with Gasteiger partial charge in [-0.25, -0.2) is 0 Å². The van der Waals surface area contributed by atoms with Gasteiger partial charge in [0.25, 0.3) is 0 Å². The first-order valence-corrected chi connectivity index (χ1v) is 7.67. The zero-order valence-electron chi connectivity index (χ0n) is 14.1. The second-order valence-electron chi connectivity index (χ2n) is 5.71. The summed E-state index contributed by atoms with van der Waals surface area (Å²) in [6.45, 7) is 5.22. The van der Waals surface area contributed by atoms with E-state index in [0.29, 0.717) is 5.56 Å². The van der Waals surface area contributed by atoms with Gasteiger partial charge in [0.05, 0.1) is 12.5 Å². The average molecular weight is 320 g/mol. The monoisotopic (exact) mass is 320 g/mol. The molecule has 1 aromatic rings. The summed E-state index contributed by atoms with van der Waals surface area (Å²) in [5, 5.41) is 0. The highest BCUT2D eigenvalue weighted by Gasteiger charge is 2.38. The molecule has 0 heterocycles. The van der Waals surface area contributed by atoms with Crippen LogP contribution in [0.2, 0.25) is 0 Å². The summed E-state index contributed by atoms with van der Waals surface area (Å²) in [5.41, 5.74) is -0.648. The minimum absolute atomic E-state index is 0.0165. The number of ether oxygens (including phenoxy) is 2. The molecule has 0 aliphatic rings. The molecule has 5 nitrogen and oxygen atoms in total. The number of hydrogen-bond acceptors (Lipinski definition) is 5. The highest BCUT2D eigenvalue weighted by molar-refractivity contribution is 6.12. The molecule has 126 valence electrons. The Bertz CT molecular complexity index is 548. The summed E-state index contributed by atoms with van der Waals surface area (Å²) in [5.74, 6) is -1.98. The van der Waals surface area contributed by atoms with Crippen LogP contribution < -0.4 is 0 Å². The van der Waals surface area contributed by atoms with E-state index in [9.17, 15) is 14.4 Å². The van der Waals surface area contributed by atoms with Crippen LogP contribution in [0.15, 0.2) is 30.3 Å². The molecule has 0 unspecified atom stereocenters. The van der Waals surface area contributed by atoms with Crippen molar-refractivity contribution in [2.45, 2.75) is 39.2 Å². The van der Waals surface area contributed by atoms with Crippen LogP contribution in [0.1, 0.15) is 44.0 Å². The zero-order chi connectivity index (χ0) is 17.5. The highest BCUT2D eigenvalue weighted by Crippen LogP contribution is 2.23. The summed E-state index contributed by atoms with van der Waals surface area (Å²) in [7, 11) is 1.42. The van der Waals surface area contributed by atoms with Crippen molar-refractivity contribution in [2.75, 3.05) is 13.7 Å². The topological polar surface area (TPSA) is 69.7 Å². The van der Waals surface area contributed by atoms with E-state index in [-0.39, 0.29) is 31.0 Å². The van der Waals surface area contributed by atoms with Crippen LogP contribution in [0, 0.1) is 5.92 Å². The Morgan fingerprint density at radius 1 is 1.13 bits per heavy atom. The smallest absolute Gasteiger partial charge is 0.305 e. The Labute approximate surface area is 137 Å². The molecule has 0 fully saturated rings. The largest absolute Gasteiger partial charge is 0.466 e. The van der Waals surface area contributed by atoms with E-state index >= 15 is 0 Å². The molecule has 0 aliphatic carbocycles. The Kier molecular flexibility index (Phi) is 7.10. The van der Waals surface area contributed by atoms with Crippen molar-refractivity contribution in [3.05, 3.63) is 35.9 Å². The van der Waals surface area contributed by atoms with Crippen LogP contribution in [0.4, 0.5) is 0 Å². The first-order valence-electron chi connectivity index (χ1n) is 7.67. The molecule has 0 N–H and O–H groups in total. The average Bonchev–Trinajstić information content (AvgIpc) is 2.55. The lowest BCUT2D eigenvalue weighted by atomic mass is 9.83. The Hall–Kier alpha value is -2.01. The highest BCUT2D eigenvalue weighted by atomic mass is 16.5. The first kappa shape index (κ1) is 19.0. The van der Waals surface area contributed by atoms with E-state index < -0.39 is 17.5 Å². The number of carbonyl (C=O) groups excluding carboxylic acids is 3. The van der Waals surface area contributed by atoms with Crippen LogP contribution >= 0.6 is 0 Å². The van der Waals surface area contributed by atoms with Gasteiger partial charge in [-0.1, -0.05) is 30.3 Å². The molecule has 0 spiro atoms. The molecule has 0 saturated heterocycles. The molecular weight excluding hydrogens is 296 g/mol. The number of hydrogen-bond donors (Lipinski definition) is 0. The van der Waals surface area contributed by atoms with E-state index in [4.69, 9.17) is 9.47 Å². The van der Waals surface area contributed by atoms with Crippen molar-refractivity contribution >= 4 is 17.5 Å². The van der Waals surface area contributed by atoms with Gasteiger partial charge in [-0.15, -0.1) is 0 Å². The summed E-state index contributed by atoms with van der Waals surface area (Å²) in [6, 6.07) is 8.59. The third-order valence-corrected chi connectivity index (χ3v) is 3.74. The number of Topliss-reactive ketones (excluding diaryl/α,β-unsaturated/α-hetero) is 2. The van der Waals surface area contributed by atoms with Gasteiger partial charge in [-0.2, -0.15) is 0 Å². The van der Waals surface area contributed by atoms with Crippen molar-refractivity contribution in [2.24, 2.45) is 5.92 Å². The lowest BCUT2D eigenvalue weighted by Crippen LogP contribution is -2.42. The molecule has 1 rings (SSSR count). The molecule has 0 amide bonds. The van der Waals surface area contributed by atoms with E-state index in [1.807, 2.05) is 0 Å². The van der Waals surface area contributed by atoms with Crippen molar-refractivity contribution in [1.29, 1.82) is 0 Å². The number of methoxy groups -OCH3 is 1. The summed E-state index contributed by atoms with van der Waals surface area (Å²) >= 11 is 0. The molecular formula is C18H24O5. The SMILES string of the molecule is CCOC(=O)CC[C@@H](C(=O)c1ccccc1)C(=O)C(C)(C)OC. The quantitative estimate of drug-likeness (QED) is 0.397. The zero-order valence-corrected chi connectivity index (χ0v) is 14.1. The van der Waals surface area contributed by atoms with Gasteiger partial charge < -0.3 is 9.47 Å². The predicted octanol–water partition coefficient (Wildman–Crippen LogP) is 2.82. The maximum atomic E-state index is 12.7. The fourth-order valence-electron chi connectivity index (χ4n) is 2.20. The number of rotatable bonds is 9. The molecule has 0 bridgehead atoms. The Balaban J connectivity index is 2.99. The summed E-state index contributed by atoms with van der Waals surface area (Å²) in [6.07, 6.45) is 0.126. The number of carbonyl (C=O) groups is 3. The van der Waals surface area contributed by atoms with Crippen LogP contribution in [-0.4, -0.2) is 36.9 Å². The third kappa shape index (κ3) is 5.28. The number of benzene rings is 1. The standard InChI is InChI=1S/C18H24O5/c1-5-23-15(19)12-11-14(17(21)18(2,3)22-4)16(20)13-9-7-6-8-10-13/h6-10,14H,5,11-12H2,1-4H3/t14-/m0/s1. The second kappa shape index (κ2) is 8.58. The second-order valence-corrected chi connectivity index (χ2v) is 5.71. The molecule has 0 aromatic heterocycles. The minimum atomic E-state index is -1.09. The van der Waals surface area contributed by atoms with Crippen molar-refractivity contribution < 1.29 is 23.9 Å². The van der Waals surface area contributed by atoms with Crippen LogP contribution in [0.3, 0.4) is 0 Å². The van der Waals surface area contributed by atoms with Crippen molar-refractivity contribution in [3.63, 3.8) is 0 Å². The molecule has 0 radical (unpaired) electrons. The lowest BCUT2D eigenvalue weighted by molar-refractivity contribution is -0.144. The van der Waals surface area contributed by atoms with Crippen molar-refractivity contribution in [1.82, 2.24) is 0 Å². The van der Waals surface area contributed by atoms with Crippen LogP contribution in [-0.2, 0) is 19.1 Å². The van der Waals surface area contributed by atoms with E-state index in [2.05, 4.69) is 0 Å². The van der Waals surface area contributed by atoms with Gasteiger partial charge in [0.2, 0.25) is 0 Å². The maximum absolute atomic E-state index is 12.7. The van der Waals surface area contributed by atoms with Crippen LogP contribution in [0.25, 0.3) is 0 Å². The number of esters is 1. The number of ketones is 2. The third-order valence-electron chi connectivity index (χ3n) is 3.74. The van der Waals surface area contributed by atoms with E-state index in [1.54, 1.807) is 51.1 Å². The van der Waals surface area contributed by atoms with E-state index in [1.165, 1.54) is 7.11 Å². The summed E-state index contributed by atoms with van der Waals surface area (Å²) in [4.78, 5) is 36.9. The Morgan fingerprint density at radius 2 is 1.74 bits per heavy atom. The molecule has 23 heavy (non-hydrogen) atoms. The lowest BCUT2D eigenvalue weighted by Gasteiger charge is -2.26. The van der Waals surface area contributed by atoms with Gasteiger partial charge in [0.15, 0.2) is 11.6 Å². The first-order chi connectivity index (χ1) is 10.8.